The van der Waals surface area contributed by atoms with Gasteiger partial charge in [0.05, 0.1) is 30.6 Å². The zero-order valence-electron chi connectivity index (χ0n) is 20.8. The summed E-state index contributed by atoms with van der Waals surface area (Å²) in [5, 5.41) is 5.48. The lowest BCUT2D eigenvalue weighted by Crippen LogP contribution is -2.44. The second kappa shape index (κ2) is 10.3. The summed E-state index contributed by atoms with van der Waals surface area (Å²) in [6.07, 6.45) is 6.61. The molecule has 2 aliphatic heterocycles. The Balaban J connectivity index is 1.72. The molecule has 0 aliphatic carbocycles. The van der Waals surface area contributed by atoms with Gasteiger partial charge < -0.3 is 18.9 Å². The second-order valence-electron chi connectivity index (χ2n) is 9.27. The van der Waals surface area contributed by atoms with Crippen molar-refractivity contribution >= 4 is 32.5 Å². The Bertz CT molecular complexity index is 1230. The van der Waals surface area contributed by atoms with Crippen LogP contribution in [0.4, 0.5) is 11.5 Å². The van der Waals surface area contributed by atoms with Crippen molar-refractivity contribution in [3.63, 3.8) is 0 Å². The molecule has 0 radical (unpaired) electrons. The molecule has 1 N–H and O–H groups in total. The van der Waals surface area contributed by atoms with Crippen molar-refractivity contribution in [3.8, 4) is 11.4 Å². The first-order chi connectivity index (χ1) is 17.0. The first-order valence-electron chi connectivity index (χ1n) is 12.7. The van der Waals surface area contributed by atoms with E-state index in [-0.39, 0.29) is 12.3 Å². The van der Waals surface area contributed by atoms with Crippen molar-refractivity contribution in [1.82, 2.24) is 19.7 Å². The maximum absolute atomic E-state index is 11.2. The summed E-state index contributed by atoms with van der Waals surface area (Å²) >= 11 is 0. The molecule has 1 unspecified atom stereocenters. The van der Waals surface area contributed by atoms with Crippen LogP contribution >= 0.6 is 0 Å². The Hall–Kier alpha value is -2.40. The molecule has 190 valence electrons. The van der Waals surface area contributed by atoms with Gasteiger partial charge in [-0.2, -0.15) is 5.10 Å². The molecule has 0 bridgehead atoms. The molecule has 9 nitrogen and oxygen atoms in total. The van der Waals surface area contributed by atoms with Crippen molar-refractivity contribution in [2.24, 2.45) is 4.36 Å². The fourth-order valence-corrected chi connectivity index (χ4v) is 6.12. The topological polar surface area (TPSA) is 97.9 Å². The summed E-state index contributed by atoms with van der Waals surface area (Å²) in [5.74, 6) is 2.11. The Kier molecular flexibility index (Phi) is 7.15. The van der Waals surface area contributed by atoms with E-state index in [1.165, 1.54) is 0 Å². The van der Waals surface area contributed by atoms with Crippen LogP contribution in [-0.4, -0.2) is 68.2 Å². The minimum atomic E-state index is -2.44. The first kappa shape index (κ1) is 24.3. The van der Waals surface area contributed by atoms with Crippen molar-refractivity contribution in [1.29, 1.82) is 0 Å². The third kappa shape index (κ3) is 4.84. The Morgan fingerprint density at radius 3 is 2.77 bits per heavy atom. The molecule has 0 amide bonds. The molecule has 2 fully saturated rings. The van der Waals surface area contributed by atoms with Crippen LogP contribution in [0, 0.1) is 0 Å². The van der Waals surface area contributed by atoms with Crippen LogP contribution < -0.4 is 4.90 Å². The molecule has 2 saturated heterocycles. The summed E-state index contributed by atoms with van der Waals surface area (Å²) in [7, 11) is -2.44. The number of aromatic nitrogens is 4. The van der Waals surface area contributed by atoms with Gasteiger partial charge in [0.2, 0.25) is 0 Å². The van der Waals surface area contributed by atoms with Gasteiger partial charge in [-0.1, -0.05) is 13.8 Å². The van der Waals surface area contributed by atoms with Crippen LogP contribution in [0.3, 0.4) is 0 Å². The van der Waals surface area contributed by atoms with E-state index in [2.05, 4.69) is 16.9 Å². The summed E-state index contributed by atoms with van der Waals surface area (Å²) in [6.45, 7) is 8.95. The molecule has 0 aromatic carbocycles. The van der Waals surface area contributed by atoms with Crippen LogP contribution in [-0.2, 0) is 19.6 Å². The van der Waals surface area contributed by atoms with Crippen LogP contribution in [0.2, 0.25) is 0 Å². The van der Waals surface area contributed by atoms with Gasteiger partial charge in [0.1, 0.15) is 17.0 Å². The minimum absolute atomic E-state index is 0.103. The highest BCUT2D eigenvalue weighted by molar-refractivity contribution is 8.00. The number of hydrogen-bond acceptors (Lipinski definition) is 7. The monoisotopic (exact) mass is 500 g/mol. The zero-order chi connectivity index (χ0) is 24.4. The fraction of sp³-hybridized carbons (Fsp3) is 0.560. The third-order valence-corrected chi connectivity index (χ3v) is 9.62. The van der Waals surface area contributed by atoms with E-state index in [0.29, 0.717) is 24.7 Å². The number of rotatable bonds is 6. The van der Waals surface area contributed by atoms with Crippen LogP contribution in [0.1, 0.15) is 46.3 Å². The van der Waals surface area contributed by atoms with Gasteiger partial charge in [0, 0.05) is 48.5 Å². The SMILES string of the molecule is CC[SH](O)(CC)=Nc1cc(N2CCOC[C@H]2C)nc2c(-c3ccnn3C3CCCCO3)nccc12. The number of pyridine rings is 2. The lowest BCUT2D eigenvalue weighted by atomic mass is 10.1. The first-order valence-corrected chi connectivity index (χ1v) is 14.7. The zero-order valence-corrected chi connectivity index (χ0v) is 21.7. The molecule has 2 aliphatic rings. The van der Waals surface area contributed by atoms with E-state index < -0.39 is 10.1 Å². The standard InChI is InChI=1S/C25H36N6O3S/c1-4-35(32,5-2)29-20-16-22(30-13-15-33-17-18(30)3)28-24-19(20)9-11-26-25(24)21-10-12-27-31(21)23-8-6-7-14-34-23/h9-12,16,18,23,35H,4-8,13-15,17H2,1-3H3,(H,28,29,32)/t18-,23?/m1/s1. The predicted molar refractivity (Wildman–Crippen MR) is 142 cm³/mol. The molecule has 3 aromatic rings. The van der Waals surface area contributed by atoms with Gasteiger partial charge in [-0.3, -0.25) is 4.98 Å². The number of fused-ring (bicyclic) bond motifs is 1. The van der Waals surface area contributed by atoms with Crippen LogP contribution in [0.15, 0.2) is 35.0 Å². The Morgan fingerprint density at radius 1 is 1.17 bits per heavy atom. The highest BCUT2D eigenvalue weighted by Crippen LogP contribution is 2.37. The predicted octanol–water partition coefficient (Wildman–Crippen LogP) is 4.63. The molecule has 10 heteroatoms. The summed E-state index contributed by atoms with van der Waals surface area (Å²) in [6, 6.07) is 6.13. The van der Waals surface area contributed by atoms with Gasteiger partial charge in [-0.25, -0.2) is 14.0 Å². The lowest BCUT2D eigenvalue weighted by Gasteiger charge is -2.34. The maximum Gasteiger partial charge on any atom is 0.150 e. The number of anilines is 1. The summed E-state index contributed by atoms with van der Waals surface area (Å²) in [4.78, 5) is 12.2. The van der Waals surface area contributed by atoms with Crippen molar-refractivity contribution in [2.75, 3.05) is 42.8 Å². The summed E-state index contributed by atoms with van der Waals surface area (Å²) in [5.41, 5.74) is 3.16. The number of nitrogens with zero attached hydrogens (tertiary/aromatic N) is 6. The lowest BCUT2D eigenvalue weighted by molar-refractivity contribution is -0.0383. The van der Waals surface area contributed by atoms with E-state index in [0.717, 1.165) is 66.2 Å². The van der Waals surface area contributed by atoms with E-state index >= 15 is 0 Å². The van der Waals surface area contributed by atoms with Gasteiger partial charge >= 0.3 is 0 Å². The largest absolute Gasteiger partial charge is 0.377 e. The minimum Gasteiger partial charge on any atom is -0.377 e. The molecule has 35 heavy (non-hydrogen) atoms. The molecule has 0 spiro atoms. The molecule has 2 atom stereocenters. The quantitative estimate of drug-likeness (QED) is 0.476. The van der Waals surface area contributed by atoms with Crippen LogP contribution in [0.25, 0.3) is 22.3 Å². The Morgan fingerprint density at radius 2 is 2.03 bits per heavy atom. The van der Waals surface area contributed by atoms with E-state index in [1.807, 2.05) is 36.7 Å². The van der Waals surface area contributed by atoms with Crippen molar-refractivity contribution in [2.45, 2.75) is 52.3 Å². The molecule has 5 heterocycles. The maximum atomic E-state index is 11.2. The van der Waals surface area contributed by atoms with Crippen LogP contribution in [0.5, 0.6) is 0 Å². The van der Waals surface area contributed by atoms with Gasteiger partial charge in [0.25, 0.3) is 0 Å². The van der Waals surface area contributed by atoms with Gasteiger partial charge in [-0.15, -0.1) is 10.1 Å². The van der Waals surface area contributed by atoms with Gasteiger partial charge in [-0.05, 0) is 38.3 Å². The van der Waals surface area contributed by atoms with E-state index in [4.69, 9.17) is 23.8 Å². The highest BCUT2D eigenvalue weighted by Gasteiger charge is 2.25. The molecular weight excluding hydrogens is 464 g/mol. The van der Waals surface area contributed by atoms with Crippen molar-refractivity contribution < 1.29 is 14.0 Å². The second-order valence-corrected chi connectivity index (χ2v) is 12.5. The van der Waals surface area contributed by atoms with E-state index in [9.17, 15) is 4.55 Å². The highest BCUT2D eigenvalue weighted by atomic mass is 32.3. The van der Waals surface area contributed by atoms with Crippen molar-refractivity contribution in [3.05, 3.63) is 30.6 Å². The fourth-order valence-electron chi connectivity index (χ4n) is 4.82. The normalized spacial score (nSPS) is 21.9. The molecule has 3 aromatic heterocycles. The number of ether oxygens (including phenoxy) is 2. The molecule has 5 rings (SSSR count). The Labute approximate surface area is 207 Å². The van der Waals surface area contributed by atoms with E-state index in [1.54, 1.807) is 12.4 Å². The average molecular weight is 501 g/mol. The average Bonchev–Trinajstić information content (AvgIpc) is 3.39. The molecular formula is C25H36N6O3S. The smallest absolute Gasteiger partial charge is 0.150 e. The van der Waals surface area contributed by atoms with Gasteiger partial charge in [0.15, 0.2) is 6.23 Å². The third-order valence-electron chi connectivity index (χ3n) is 7.00. The number of morpholine rings is 1. The number of thiol groups is 1. The number of hydrogen-bond donors (Lipinski definition) is 2. The molecule has 0 saturated carbocycles. The summed E-state index contributed by atoms with van der Waals surface area (Å²) < 4.78 is 29.8.